The van der Waals surface area contributed by atoms with E-state index in [-0.39, 0.29) is 21.8 Å². The molecule has 0 bridgehead atoms. The molecule has 1 aromatic heterocycles. The summed E-state index contributed by atoms with van der Waals surface area (Å²) >= 11 is 1.74. The third-order valence-electron chi connectivity index (χ3n) is 3.53. The Morgan fingerprint density at radius 2 is 2.20 bits per heavy atom. The average Bonchev–Trinajstić information content (AvgIpc) is 2.48. The number of anilines is 1. The Morgan fingerprint density at radius 1 is 1.55 bits per heavy atom. The van der Waals surface area contributed by atoms with E-state index in [2.05, 4.69) is 24.1 Å². The van der Waals surface area contributed by atoms with Gasteiger partial charge in [-0.05, 0) is 25.2 Å². The second kappa shape index (κ2) is 7.10. The Labute approximate surface area is 122 Å². The van der Waals surface area contributed by atoms with Crippen LogP contribution in [-0.4, -0.2) is 27.5 Å². The molecule has 1 N–H and O–H groups in total. The van der Waals surface area contributed by atoms with E-state index in [1.165, 1.54) is 12.3 Å². The van der Waals surface area contributed by atoms with Gasteiger partial charge in [-0.3, -0.25) is 10.1 Å². The predicted octanol–water partition coefficient (Wildman–Crippen LogP) is 3.20. The van der Waals surface area contributed by atoms with E-state index >= 15 is 0 Å². The summed E-state index contributed by atoms with van der Waals surface area (Å²) in [6.07, 6.45) is 5.33. The molecule has 0 aliphatic heterocycles. The summed E-state index contributed by atoms with van der Waals surface area (Å²) < 4.78 is 0.0121. The Bertz CT molecular complexity index is 515. The first-order valence-electron chi connectivity index (χ1n) is 6.36. The Hall–Kier alpha value is -1.81. The lowest BCUT2D eigenvalue weighted by Crippen LogP contribution is -2.32. The number of nitriles is 1. The third-order valence-corrected chi connectivity index (χ3v) is 5.11. The summed E-state index contributed by atoms with van der Waals surface area (Å²) in [6, 6.07) is 3.18. The second-order valence-corrected chi connectivity index (χ2v) is 5.65. The van der Waals surface area contributed by atoms with Crippen LogP contribution >= 0.6 is 11.8 Å². The topological polar surface area (TPSA) is 91.8 Å². The highest BCUT2D eigenvalue weighted by Gasteiger charge is 2.27. The quantitative estimate of drug-likeness (QED) is 0.613. The van der Waals surface area contributed by atoms with Crippen molar-refractivity contribution in [3.63, 3.8) is 0 Å². The van der Waals surface area contributed by atoms with Crippen LogP contribution < -0.4 is 5.32 Å². The lowest BCUT2D eigenvalue weighted by molar-refractivity contribution is -0.384. The van der Waals surface area contributed by atoms with Gasteiger partial charge in [0.05, 0.1) is 4.92 Å². The van der Waals surface area contributed by atoms with Crippen LogP contribution in [0.15, 0.2) is 12.3 Å². The van der Waals surface area contributed by atoms with E-state index in [0.29, 0.717) is 6.54 Å². The van der Waals surface area contributed by atoms with Crippen molar-refractivity contribution >= 4 is 23.3 Å². The van der Waals surface area contributed by atoms with Crippen molar-refractivity contribution in [1.82, 2.24) is 4.98 Å². The van der Waals surface area contributed by atoms with Gasteiger partial charge in [0.1, 0.15) is 11.6 Å². The fraction of sp³-hybridized carbons (Fsp3) is 0.538. The summed E-state index contributed by atoms with van der Waals surface area (Å²) in [5, 5.41) is 23.1. The summed E-state index contributed by atoms with van der Waals surface area (Å²) in [4.78, 5) is 14.5. The van der Waals surface area contributed by atoms with Crippen LogP contribution in [-0.2, 0) is 0 Å². The molecule has 0 radical (unpaired) electrons. The zero-order valence-corrected chi connectivity index (χ0v) is 12.7. The van der Waals surface area contributed by atoms with E-state index in [1.54, 1.807) is 11.8 Å². The van der Waals surface area contributed by atoms with Gasteiger partial charge in [-0.15, -0.1) is 0 Å². The lowest BCUT2D eigenvalue weighted by Gasteiger charge is -2.29. The van der Waals surface area contributed by atoms with Crippen molar-refractivity contribution in [2.75, 3.05) is 18.1 Å². The van der Waals surface area contributed by atoms with Crippen molar-refractivity contribution in [2.24, 2.45) is 0 Å². The zero-order valence-electron chi connectivity index (χ0n) is 11.8. The van der Waals surface area contributed by atoms with Crippen LogP contribution in [0, 0.1) is 21.4 Å². The highest BCUT2D eigenvalue weighted by Crippen LogP contribution is 2.32. The monoisotopic (exact) mass is 294 g/mol. The number of nitrogens with one attached hydrogen (secondary N) is 1. The van der Waals surface area contributed by atoms with Crippen molar-refractivity contribution in [3.8, 4) is 6.07 Å². The van der Waals surface area contributed by atoms with E-state index in [9.17, 15) is 10.1 Å². The molecule has 0 atom stereocenters. The molecule has 0 spiro atoms. The largest absolute Gasteiger partial charge is 0.363 e. The molecule has 0 unspecified atom stereocenters. The molecule has 0 saturated heterocycles. The molecule has 0 aromatic carbocycles. The molecule has 0 saturated carbocycles. The van der Waals surface area contributed by atoms with E-state index in [0.717, 1.165) is 12.8 Å². The van der Waals surface area contributed by atoms with Crippen molar-refractivity contribution < 1.29 is 4.92 Å². The van der Waals surface area contributed by atoms with E-state index in [4.69, 9.17) is 5.26 Å². The molecule has 0 aliphatic carbocycles. The second-order valence-electron chi connectivity index (χ2n) is 4.37. The van der Waals surface area contributed by atoms with Gasteiger partial charge in [-0.25, -0.2) is 4.98 Å². The smallest absolute Gasteiger partial charge is 0.328 e. The van der Waals surface area contributed by atoms with Gasteiger partial charge in [-0.1, -0.05) is 13.8 Å². The first-order chi connectivity index (χ1) is 9.53. The van der Waals surface area contributed by atoms with Gasteiger partial charge in [-0.2, -0.15) is 17.0 Å². The molecule has 0 aliphatic rings. The van der Waals surface area contributed by atoms with Crippen LogP contribution in [0.25, 0.3) is 0 Å². The number of aromatic nitrogens is 1. The zero-order chi connectivity index (χ0) is 15.2. The molecule has 1 aromatic rings. The van der Waals surface area contributed by atoms with Crippen molar-refractivity contribution in [1.29, 1.82) is 5.26 Å². The predicted molar refractivity (Wildman–Crippen MR) is 80.9 cm³/mol. The first kappa shape index (κ1) is 16.2. The number of rotatable bonds is 7. The van der Waals surface area contributed by atoms with Crippen LogP contribution in [0.3, 0.4) is 0 Å². The van der Waals surface area contributed by atoms with Crippen molar-refractivity contribution in [2.45, 2.75) is 31.4 Å². The molecule has 1 rings (SSSR count). The minimum absolute atomic E-state index is 0.0121. The number of nitrogens with zero attached hydrogens (tertiary/aromatic N) is 3. The number of hydrogen-bond acceptors (Lipinski definition) is 6. The normalized spacial score (nSPS) is 10.9. The van der Waals surface area contributed by atoms with Crippen LogP contribution in [0.2, 0.25) is 0 Å². The summed E-state index contributed by atoms with van der Waals surface area (Å²) in [5.74, 6) is 0.161. The third kappa shape index (κ3) is 3.39. The van der Waals surface area contributed by atoms with Gasteiger partial charge in [0.15, 0.2) is 0 Å². The summed E-state index contributed by atoms with van der Waals surface area (Å²) in [7, 11) is 0. The molecule has 6 nitrogen and oxygen atoms in total. The average molecular weight is 294 g/mol. The van der Waals surface area contributed by atoms with E-state index < -0.39 is 4.92 Å². The maximum Gasteiger partial charge on any atom is 0.328 e. The minimum Gasteiger partial charge on any atom is -0.363 e. The lowest BCUT2D eigenvalue weighted by atomic mass is 10.0. The maximum absolute atomic E-state index is 11.1. The van der Waals surface area contributed by atoms with Gasteiger partial charge in [0.25, 0.3) is 0 Å². The van der Waals surface area contributed by atoms with E-state index in [1.807, 2.05) is 12.3 Å². The minimum atomic E-state index is -0.563. The van der Waals surface area contributed by atoms with Gasteiger partial charge >= 0.3 is 5.69 Å². The molecule has 108 valence electrons. The number of thioether (sulfide) groups is 1. The molecular formula is C13H18N4O2S. The fourth-order valence-corrected chi connectivity index (χ4v) is 2.76. The molecule has 7 heteroatoms. The molecule has 0 amide bonds. The van der Waals surface area contributed by atoms with Crippen molar-refractivity contribution in [3.05, 3.63) is 27.9 Å². The number of pyridine rings is 1. The summed E-state index contributed by atoms with van der Waals surface area (Å²) in [6.45, 7) is 4.76. The van der Waals surface area contributed by atoms with Gasteiger partial charge < -0.3 is 5.32 Å². The van der Waals surface area contributed by atoms with Gasteiger partial charge in [0, 0.05) is 17.5 Å². The van der Waals surface area contributed by atoms with Crippen LogP contribution in [0.5, 0.6) is 0 Å². The fourth-order valence-electron chi connectivity index (χ4n) is 1.96. The Kier molecular flexibility index (Phi) is 5.77. The molecular weight excluding hydrogens is 276 g/mol. The number of hydrogen-bond donors (Lipinski definition) is 1. The van der Waals surface area contributed by atoms with Crippen LogP contribution in [0.1, 0.15) is 32.3 Å². The van der Waals surface area contributed by atoms with Gasteiger partial charge in [0.2, 0.25) is 5.82 Å². The number of nitro groups is 1. The Balaban J connectivity index is 3.05. The Morgan fingerprint density at radius 3 is 2.65 bits per heavy atom. The first-order valence-corrected chi connectivity index (χ1v) is 7.58. The maximum atomic E-state index is 11.1. The molecule has 1 heterocycles. The highest BCUT2D eigenvalue weighted by atomic mass is 32.2. The van der Waals surface area contributed by atoms with Crippen LogP contribution in [0.4, 0.5) is 11.5 Å². The highest BCUT2D eigenvalue weighted by molar-refractivity contribution is 8.00. The summed E-state index contributed by atoms with van der Waals surface area (Å²) in [5.41, 5.74) is -0.229. The molecule has 20 heavy (non-hydrogen) atoms. The molecule has 0 fully saturated rings. The standard InChI is InChI=1S/C13H18N4O2S/c1-4-13(5-2,20-3)9-16-12-11(17(18)19)10(8-14)6-7-15-12/h6-7H,4-5,9H2,1-3H3,(H,15,16). The SMILES string of the molecule is CCC(CC)(CNc1nccc(C#N)c1[N+](=O)[O-])SC.